The van der Waals surface area contributed by atoms with Crippen molar-refractivity contribution in [3.05, 3.63) is 69.8 Å². The zero-order valence-corrected chi connectivity index (χ0v) is 16.4. The van der Waals surface area contributed by atoms with Gasteiger partial charge in [-0.1, -0.05) is 48.3 Å². The van der Waals surface area contributed by atoms with Crippen LogP contribution in [0.2, 0.25) is 5.02 Å². The summed E-state index contributed by atoms with van der Waals surface area (Å²) in [6.45, 7) is 2.21. The van der Waals surface area contributed by atoms with E-state index in [2.05, 4.69) is 5.32 Å². The second kappa shape index (κ2) is 8.46. The molecule has 0 bridgehead atoms. The van der Waals surface area contributed by atoms with Gasteiger partial charge in [0.1, 0.15) is 10.7 Å². The Hall–Kier alpha value is -2.83. The van der Waals surface area contributed by atoms with Crippen molar-refractivity contribution < 1.29 is 19.1 Å². The normalized spacial score (nSPS) is 13.9. The van der Waals surface area contributed by atoms with Crippen LogP contribution >= 0.6 is 23.2 Å². The van der Waals surface area contributed by atoms with Crippen molar-refractivity contribution >= 4 is 52.4 Å². The first kappa shape index (κ1) is 19.9. The topological polar surface area (TPSA) is 75.7 Å². The predicted octanol–water partition coefficient (Wildman–Crippen LogP) is 4.34. The Bertz CT molecular complexity index is 988. The van der Waals surface area contributed by atoms with Crippen molar-refractivity contribution in [1.82, 2.24) is 0 Å². The Kier molecular flexibility index (Phi) is 6.02. The number of nitrogens with one attached hydrogen (secondary N) is 1. The molecule has 8 heteroatoms. The number of ether oxygens (including phenoxy) is 1. The zero-order chi connectivity index (χ0) is 20.3. The minimum atomic E-state index is -0.680. The lowest BCUT2D eigenvalue weighted by Crippen LogP contribution is -2.32. The molecule has 0 atom stereocenters. The molecule has 0 fully saturated rings. The maximum atomic E-state index is 12.8. The van der Waals surface area contributed by atoms with Crippen molar-refractivity contribution in [3.8, 4) is 0 Å². The van der Waals surface area contributed by atoms with Crippen LogP contribution in [0.3, 0.4) is 0 Å². The van der Waals surface area contributed by atoms with E-state index in [1.54, 1.807) is 42.5 Å². The molecule has 6 nitrogen and oxygen atoms in total. The third kappa shape index (κ3) is 3.88. The maximum Gasteiger partial charge on any atom is 0.338 e. The second-order valence-electron chi connectivity index (χ2n) is 5.93. The fourth-order valence-corrected chi connectivity index (χ4v) is 3.04. The molecule has 0 aromatic heterocycles. The Labute approximate surface area is 171 Å². The van der Waals surface area contributed by atoms with E-state index in [1.807, 2.05) is 6.92 Å². The van der Waals surface area contributed by atoms with Crippen LogP contribution in [0, 0.1) is 0 Å². The van der Waals surface area contributed by atoms with Gasteiger partial charge >= 0.3 is 5.97 Å². The molecule has 0 spiro atoms. The highest BCUT2D eigenvalue weighted by Crippen LogP contribution is 2.34. The van der Waals surface area contributed by atoms with Crippen molar-refractivity contribution in [2.24, 2.45) is 0 Å². The van der Waals surface area contributed by atoms with Gasteiger partial charge in [-0.3, -0.25) is 9.59 Å². The average molecular weight is 419 g/mol. The molecule has 1 aliphatic heterocycles. The minimum Gasteiger partial charge on any atom is -0.462 e. The van der Waals surface area contributed by atoms with Crippen molar-refractivity contribution in [2.45, 2.75) is 13.3 Å². The van der Waals surface area contributed by atoms with Crippen molar-refractivity contribution in [1.29, 1.82) is 0 Å². The van der Waals surface area contributed by atoms with Crippen LogP contribution < -0.4 is 10.2 Å². The fourth-order valence-electron chi connectivity index (χ4n) is 2.61. The summed E-state index contributed by atoms with van der Waals surface area (Å²) in [6, 6.07) is 12.9. The molecule has 0 aliphatic carbocycles. The largest absolute Gasteiger partial charge is 0.462 e. The summed E-state index contributed by atoms with van der Waals surface area (Å²) in [7, 11) is 0. The standard InChI is InChI=1S/C20H16Cl2N2O4/c1-2-10-28-20(27)12-6-5-7-13(11-12)23-17-16(22)18(25)24(19(17)26)15-9-4-3-8-14(15)21/h3-9,11,23H,2,10H2,1H3. The third-order valence-electron chi connectivity index (χ3n) is 3.93. The highest BCUT2D eigenvalue weighted by atomic mass is 35.5. The highest BCUT2D eigenvalue weighted by Gasteiger charge is 2.39. The number of hydrogen-bond donors (Lipinski definition) is 1. The van der Waals surface area contributed by atoms with Crippen LogP contribution in [0.25, 0.3) is 0 Å². The van der Waals surface area contributed by atoms with E-state index in [9.17, 15) is 14.4 Å². The van der Waals surface area contributed by atoms with Gasteiger partial charge in [0.15, 0.2) is 0 Å². The quantitative estimate of drug-likeness (QED) is 0.557. The van der Waals surface area contributed by atoms with E-state index in [1.165, 1.54) is 6.07 Å². The number of carbonyl (C=O) groups is 3. The Morgan fingerprint density at radius 2 is 1.82 bits per heavy atom. The third-order valence-corrected chi connectivity index (χ3v) is 4.60. The maximum absolute atomic E-state index is 12.8. The van der Waals surface area contributed by atoms with E-state index in [0.29, 0.717) is 24.3 Å². The SMILES string of the molecule is CCCOC(=O)c1cccc(NC2=C(Cl)C(=O)N(c3ccccc3Cl)C2=O)c1. The molecule has 0 saturated carbocycles. The average Bonchev–Trinajstić information content (AvgIpc) is 2.90. The number of hydrogen-bond acceptors (Lipinski definition) is 5. The fraction of sp³-hybridized carbons (Fsp3) is 0.150. The number of amides is 2. The van der Waals surface area contributed by atoms with Gasteiger partial charge in [-0.05, 0) is 36.8 Å². The van der Waals surface area contributed by atoms with Crippen LogP contribution in [0.5, 0.6) is 0 Å². The van der Waals surface area contributed by atoms with E-state index in [0.717, 1.165) is 4.90 Å². The molecular weight excluding hydrogens is 403 g/mol. The summed E-state index contributed by atoms with van der Waals surface area (Å²) >= 11 is 12.2. The van der Waals surface area contributed by atoms with Crippen molar-refractivity contribution in [3.63, 3.8) is 0 Å². The van der Waals surface area contributed by atoms with Gasteiger partial charge in [0.05, 0.1) is 22.9 Å². The molecule has 2 aromatic rings. The molecule has 1 N–H and O–H groups in total. The van der Waals surface area contributed by atoms with Crippen LogP contribution in [0.4, 0.5) is 11.4 Å². The molecule has 0 saturated heterocycles. The van der Waals surface area contributed by atoms with E-state index < -0.39 is 17.8 Å². The zero-order valence-electron chi connectivity index (χ0n) is 14.9. The number of esters is 1. The van der Waals surface area contributed by atoms with Gasteiger partial charge in [-0.15, -0.1) is 0 Å². The predicted molar refractivity (Wildman–Crippen MR) is 107 cm³/mol. The molecule has 0 radical (unpaired) electrons. The van der Waals surface area contributed by atoms with Gasteiger partial charge in [0.25, 0.3) is 11.8 Å². The smallest absolute Gasteiger partial charge is 0.338 e. The second-order valence-corrected chi connectivity index (χ2v) is 6.71. The number of benzene rings is 2. The molecule has 1 aliphatic rings. The summed E-state index contributed by atoms with van der Waals surface area (Å²) in [5, 5.41) is 2.81. The monoisotopic (exact) mass is 418 g/mol. The molecular formula is C20H16Cl2N2O4. The molecule has 1 heterocycles. The molecule has 28 heavy (non-hydrogen) atoms. The van der Waals surface area contributed by atoms with Gasteiger partial charge in [-0.25, -0.2) is 9.69 Å². The van der Waals surface area contributed by atoms with E-state index in [-0.39, 0.29) is 21.4 Å². The number of carbonyl (C=O) groups excluding carboxylic acids is 3. The lowest BCUT2D eigenvalue weighted by molar-refractivity contribution is -0.120. The summed E-state index contributed by atoms with van der Waals surface area (Å²) < 4.78 is 5.10. The van der Waals surface area contributed by atoms with Crippen LogP contribution in [0.15, 0.2) is 59.3 Å². The van der Waals surface area contributed by atoms with Gasteiger partial charge in [0, 0.05) is 5.69 Å². The molecule has 3 rings (SSSR count). The number of anilines is 2. The number of rotatable bonds is 6. The molecule has 0 unspecified atom stereocenters. The molecule has 2 amide bonds. The van der Waals surface area contributed by atoms with Crippen molar-refractivity contribution in [2.75, 3.05) is 16.8 Å². The van der Waals surface area contributed by atoms with Gasteiger partial charge < -0.3 is 10.1 Å². The first-order valence-electron chi connectivity index (χ1n) is 8.51. The first-order valence-corrected chi connectivity index (χ1v) is 9.27. The van der Waals surface area contributed by atoms with Gasteiger partial charge in [0.2, 0.25) is 0 Å². The summed E-state index contributed by atoms with van der Waals surface area (Å²) in [5.41, 5.74) is 0.882. The van der Waals surface area contributed by atoms with Gasteiger partial charge in [-0.2, -0.15) is 0 Å². The summed E-state index contributed by atoms with van der Waals surface area (Å²) in [4.78, 5) is 38.2. The summed E-state index contributed by atoms with van der Waals surface area (Å²) in [5.74, 6) is -1.79. The Morgan fingerprint density at radius 3 is 2.54 bits per heavy atom. The van der Waals surface area contributed by atoms with Crippen LogP contribution in [-0.2, 0) is 14.3 Å². The minimum absolute atomic E-state index is 0.0920. The Balaban J connectivity index is 1.85. The number of imide groups is 1. The Morgan fingerprint density at radius 1 is 1.07 bits per heavy atom. The lowest BCUT2D eigenvalue weighted by Gasteiger charge is -2.16. The van der Waals surface area contributed by atoms with Crippen LogP contribution in [-0.4, -0.2) is 24.4 Å². The lowest BCUT2D eigenvalue weighted by atomic mass is 10.2. The number of halogens is 2. The number of nitrogens with zero attached hydrogens (tertiary/aromatic N) is 1. The highest BCUT2D eigenvalue weighted by molar-refractivity contribution is 6.53. The molecule has 144 valence electrons. The molecule has 2 aromatic carbocycles. The van der Waals surface area contributed by atoms with E-state index in [4.69, 9.17) is 27.9 Å². The first-order chi connectivity index (χ1) is 13.4. The number of para-hydroxylation sites is 1. The van der Waals surface area contributed by atoms with Crippen LogP contribution in [0.1, 0.15) is 23.7 Å². The summed E-state index contributed by atoms with van der Waals surface area (Å²) in [6.07, 6.45) is 0.709. The van der Waals surface area contributed by atoms with E-state index >= 15 is 0 Å².